The molecule has 0 amide bonds. The second-order valence-electron chi connectivity index (χ2n) is 1.67. The van der Waals surface area contributed by atoms with Gasteiger partial charge in [0.1, 0.15) is 0 Å². The van der Waals surface area contributed by atoms with Crippen molar-refractivity contribution >= 4 is 12.4 Å². The number of hydrogen-bond acceptors (Lipinski definition) is 2. The molecule has 0 spiro atoms. The molecule has 0 aromatic carbocycles. The Balaban J connectivity index is 0. The van der Waals surface area contributed by atoms with Crippen molar-refractivity contribution in [2.24, 2.45) is 11.5 Å². The molecule has 0 bridgehead atoms. The fourth-order valence-electron chi connectivity index (χ4n) is 0.161. The molecule has 2 nitrogen and oxygen atoms in total. The number of halogens is 1. The van der Waals surface area contributed by atoms with Crippen molar-refractivity contribution in [1.29, 1.82) is 0 Å². The molecule has 0 saturated carbocycles. The Labute approximate surface area is 56.3 Å². The molecule has 0 aromatic heterocycles. The topological polar surface area (TPSA) is 52.0 Å². The van der Waals surface area contributed by atoms with Crippen molar-refractivity contribution in [2.45, 2.75) is 13.8 Å². The van der Waals surface area contributed by atoms with Gasteiger partial charge in [-0.2, -0.15) is 0 Å². The van der Waals surface area contributed by atoms with Crippen molar-refractivity contribution in [2.75, 3.05) is 6.54 Å². The van der Waals surface area contributed by atoms with Gasteiger partial charge in [0.2, 0.25) is 0 Å². The molecule has 0 unspecified atom stereocenters. The Kier molecular flexibility index (Phi) is 6.61. The van der Waals surface area contributed by atoms with Crippen LogP contribution in [0.4, 0.5) is 0 Å². The summed E-state index contributed by atoms with van der Waals surface area (Å²) in [5, 5.41) is 0. The van der Waals surface area contributed by atoms with Gasteiger partial charge in [0, 0.05) is 12.2 Å². The van der Waals surface area contributed by atoms with E-state index in [9.17, 15) is 0 Å². The molecular weight excluding hydrogens is 124 g/mol. The Morgan fingerprint density at radius 1 is 1.38 bits per heavy atom. The molecule has 8 heavy (non-hydrogen) atoms. The minimum Gasteiger partial charge on any atom is -0.402 e. The molecule has 0 rings (SSSR count). The van der Waals surface area contributed by atoms with E-state index in [4.69, 9.17) is 11.5 Å². The highest BCUT2D eigenvalue weighted by atomic mass is 35.5. The van der Waals surface area contributed by atoms with Crippen LogP contribution in [0.5, 0.6) is 0 Å². The van der Waals surface area contributed by atoms with Crippen molar-refractivity contribution in [3.05, 3.63) is 11.3 Å². The first kappa shape index (κ1) is 10.7. The van der Waals surface area contributed by atoms with Crippen LogP contribution >= 0.6 is 12.4 Å². The lowest BCUT2D eigenvalue weighted by molar-refractivity contribution is 1.07. The summed E-state index contributed by atoms with van der Waals surface area (Å²) in [6, 6.07) is 0. The van der Waals surface area contributed by atoms with Crippen LogP contribution in [-0.4, -0.2) is 6.54 Å². The fraction of sp³-hybridized carbons (Fsp3) is 0.600. The second-order valence-corrected chi connectivity index (χ2v) is 1.67. The van der Waals surface area contributed by atoms with Gasteiger partial charge in [-0.05, 0) is 19.4 Å². The van der Waals surface area contributed by atoms with Crippen LogP contribution in [-0.2, 0) is 0 Å². The van der Waals surface area contributed by atoms with E-state index in [1.165, 1.54) is 0 Å². The van der Waals surface area contributed by atoms with Gasteiger partial charge in [0.25, 0.3) is 0 Å². The zero-order chi connectivity index (χ0) is 5.86. The molecule has 0 radical (unpaired) electrons. The zero-order valence-corrected chi connectivity index (χ0v) is 6.09. The van der Waals surface area contributed by atoms with Gasteiger partial charge in [0.15, 0.2) is 0 Å². The number of rotatable bonds is 1. The number of nitrogens with two attached hydrogens (primary N) is 2. The molecular formula is C5H13ClN2. The van der Waals surface area contributed by atoms with E-state index in [1.54, 1.807) is 0 Å². The van der Waals surface area contributed by atoms with E-state index in [2.05, 4.69) is 0 Å². The van der Waals surface area contributed by atoms with E-state index in [-0.39, 0.29) is 12.4 Å². The fourth-order valence-corrected chi connectivity index (χ4v) is 0.161. The lowest BCUT2D eigenvalue weighted by atomic mass is 10.2. The van der Waals surface area contributed by atoms with Gasteiger partial charge >= 0.3 is 0 Å². The quantitative estimate of drug-likeness (QED) is 0.555. The van der Waals surface area contributed by atoms with Crippen LogP contribution in [0.25, 0.3) is 0 Å². The first-order chi connectivity index (χ1) is 3.18. The van der Waals surface area contributed by atoms with Gasteiger partial charge in [-0.25, -0.2) is 0 Å². The summed E-state index contributed by atoms with van der Waals surface area (Å²) in [5.41, 5.74) is 12.5. The van der Waals surface area contributed by atoms with Crippen molar-refractivity contribution < 1.29 is 0 Å². The summed E-state index contributed by atoms with van der Waals surface area (Å²) in [6.07, 6.45) is 0. The van der Waals surface area contributed by atoms with Crippen LogP contribution < -0.4 is 11.5 Å². The molecule has 3 heteroatoms. The van der Waals surface area contributed by atoms with Gasteiger partial charge in [-0.15, -0.1) is 12.4 Å². The van der Waals surface area contributed by atoms with Crippen LogP contribution in [0, 0.1) is 0 Å². The van der Waals surface area contributed by atoms with Gasteiger partial charge in [-0.1, -0.05) is 0 Å². The van der Waals surface area contributed by atoms with E-state index in [0.29, 0.717) is 6.54 Å². The van der Waals surface area contributed by atoms with E-state index in [0.717, 1.165) is 11.3 Å². The Morgan fingerprint density at radius 2 is 1.75 bits per heavy atom. The molecule has 0 fully saturated rings. The molecule has 50 valence electrons. The van der Waals surface area contributed by atoms with E-state index < -0.39 is 0 Å². The summed E-state index contributed by atoms with van der Waals surface area (Å²) in [5.74, 6) is 0. The monoisotopic (exact) mass is 136 g/mol. The largest absolute Gasteiger partial charge is 0.402 e. The van der Waals surface area contributed by atoms with Gasteiger partial charge in [-0.3, -0.25) is 0 Å². The highest BCUT2D eigenvalue weighted by molar-refractivity contribution is 5.85. The average molecular weight is 137 g/mol. The molecule has 0 aliphatic heterocycles. The molecule has 0 aliphatic carbocycles. The average Bonchev–Trinajstić information content (AvgIpc) is 1.65. The third-order valence-corrected chi connectivity index (χ3v) is 0.979. The van der Waals surface area contributed by atoms with Crippen LogP contribution in [0.2, 0.25) is 0 Å². The highest BCUT2D eigenvalue weighted by Crippen LogP contribution is 1.90. The molecule has 0 heterocycles. The molecule has 0 atom stereocenters. The Hall–Kier alpha value is -0.210. The number of allylic oxidation sites excluding steroid dienone is 1. The Morgan fingerprint density at radius 3 is 1.75 bits per heavy atom. The number of hydrogen-bond donors (Lipinski definition) is 2. The van der Waals surface area contributed by atoms with Gasteiger partial charge < -0.3 is 11.5 Å². The lowest BCUT2D eigenvalue weighted by Crippen LogP contribution is -2.06. The smallest absolute Gasteiger partial charge is 0.0153 e. The summed E-state index contributed by atoms with van der Waals surface area (Å²) >= 11 is 0. The summed E-state index contributed by atoms with van der Waals surface area (Å²) in [6.45, 7) is 4.35. The minimum atomic E-state index is 0. The first-order valence-corrected chi connectivity index (χ1v) is 2.30. The predicted octanol–water partition coefficient (Wildman–Crippen LogP) is 0.620. The molecule has 4 N–H and O–H groups in total. The third kappa shape index (κ3) is 3.96. The lowest BCUT2D eigenvalue weighted by Gasteiger charge is -1.95. The third-order valence-electron chi connectivity index (χ3n) is 0.979. The highest BCUT2D eigenvalue weighted by Gasteiger charge is 1.83. The summed E-state index contributed by atoms with van der Waals surface area (Å²) in [7, 11) is 0. The van der Waals surface area contributed by atoms with Crippen molar-refractivity contribution in [3.8, 4) is 0 Å². The zero-order valence-electron chi connectivity index (χ0n) is 5.27. The SMILES string of the molecule is CC(N)=C(C)CN.Cl. The summed E-state index contributed by atoms with van der Waals surface area (Å²) in [4.78, 5) is 0. The second kappa shape index (κ2) is 4.94. The van der Waals surface area contributed by atoms with Gasteiger partial charge in [0.05, 0.1) is 0 Å². The van der Waals surface area contributed by atoms with Crippen molar-refractivity contribution in [1.82, 2.24) is 0 Å². The molecule has 0 saturated heterocycles. The van der Waals surface area contributed by atoms with E-state index >= 15 is 0 Å². The van der Waals surface area contributed by atoms with Crippen LogP contribution in [0.15, 0.2) is 11.3 Å². The normalized spacial score (nSPS) is 11.9. The maximum Gasteiger partial charge on any atom is 0.0153 e. The maximum absolute atomic E-state index is 5.35. The van der Waals surface area contributed by atoms with Crippen LogP contribution in [0.1, 0.15) is 13.8 Å². The minimum absolute atomic E-state index is 0. The Bertz CT molecular complexity index is 84.4. The molecule has 0 aliphatic rings. The van der Waals surface area contributed by atoms with E-state index in [1.807, 2.05) is 13.8 Å². The first-order valence-electron chi connectivity index (χ1n) is 2.30. The predicted molar refractivity (Wildman–Crippen MR) is 38.9 cm³/mol. The van der Waals surface area contributed by atoms with Crippen molar-refractivity contribution in [3.63, 3.8) is 0 Å². The van der Waals surface area contributed by atoms with Crippen LogP contribution in [0.3, 0.4) is 0 Å². The molecule has 0 aromatic rings. The summed E-state index contributed by atoms with van der Waals surface area (Å²) < 4.78 is 0. The maximum atomic E-state index is 5.35. The standard InChI is InChI=1S/C5H12N2.ClH/c1-4(3-6)5(2)7;/h3,6-7H2,1-2H3;1H.